The van der Waals surface area contributed by atoms with Gasteiger partial charge in [-0.2, -0.15) is 5.26 Å². The van der Waals surface area contributed by atoms with Crippen LogP contribution in [0.5, 0.6) is 5.75 Å². The highest BCUT2D eigenvalue weighted by Crippen LogP contribution is 2.38. The number of ether oxygens (including phenoxy) is 2. The number of aryl methyl sites for hydroxylation is 1. The second kappa shape index (κ2) is 8.54. The van der Waals surface area contributed by atoms with Gasteiger partial charge in [0.15, 0.2) is 12.4 Å². The summed E-state index contributed by atoms with van der Waals surface area (Å²) in [6.45, 7) is 3.49. The molecule has 150 valence electrons. The number of hydrogen-bond donors (Lipinski definition) is 0. The minimum atomic E-state index is -0.836. The quantitative estimate of drug-likeness (QED) is 0.291. The molecule has 1 fully saturated rings. The Morgan fingerprint density at radius 3 is 2.62 bits per heavy atom. The number of esters is 1. The number of rotatable bonds is 7. The molecule has 0 bridgehead atoms. The largest absolute Gasteiger partial charge is 0.495 e. The SMILES string of the molecule is COc1ccc(C(=O)COC(=O)/C(C#N)=C/c2cc(C)n(C3CC3)c2C)cc1Cl. The zero-order valence-electron chi connectivity index (χ0n) is 16.5. The lowest BCUT2D eigenvalue weighted by atomic mass is 10.1. The first-order chi connectivity index (χ1) is 13.8. The number of carbonyl (C=O) groups excluding carboxylic acids is 2. The number of methoxy groups -OCH3 is 1. The molecule has 3 rings (SSSR count). The summed E-state index contributed by atoms with van der Waals surface area (Å²) in [6.07, 6.45) is 3.80. The first-order valence-corrected chi connectivity index (χ1v) is 9.57. The van der Waals surface area contributed by atoms with Gasteiger partial charge in [0.1, 0.15) is 17.4 Å². The zero-order chi connectivity index (χ0) is 21.1. The van der Waals surface area contributed by atoms with Gasteiger partial charge in [-0.3, -0.25) is 4.79 Å². The summed E-state index contributed by atoms with van der Waals surface area (Å²) in [4.78, 5) is 24.6. The monoisotopic (exact) mass is 412 g/mol. The Balaban J connectivity index is 1.70. The molecule has 0 aliphatic heterocycles. The van der Waals surface area contributed by atoms with Crippen LogP contribution in [0.1, 0.15) is 46.2 Å². The molecule has 6 nitrogen and oxygen atoms in total. The van der Waals surface area contributed by atoms with Gasteiger partial charge in [0.25, 0.3) is 0 Å². The van der Waals surface area contributed by atoms with Gasteiger partial charge in [-0.05, 0) is 62.6 Å². The fraction of sp³-hybridized carbons (Fsp3) is 0.318. The fourth-order valence-corrected chi connectivity index (χ4v) is 3.53. The molecule has 7 heteroatoms. The van der Waals surface area contributed by atoms with Crippen LogP contribution in [-0.4, -0.2) is 30.0 Å². The normalized spacial score (nSPS) is 13.7. The summed E-state index contributed by atoms with van der Waals surface area (Å²) >= 11 is 6.02. The van der Waals surface area contributed by atoms with Crippen molar-refractivity contribution in [1.82, 2.24) is 4.57 Å². The molecule has 0 unspecified atom stereocenters. The average Bonchev–Trinajstić information content (AvgIpc) is 3.49. The van der Waals surface area contributed by atoms with Crippen molar-refractivity contribution in [3.8, 4) is 11.8 Å². The van der Waals surface area contributed by atoms with Crippen LogP contribution in [0.4, 0.5) is 0 Å². The number of halogens is 1. The molecule has 1 aromatic carbocycles. The summed E-state index contributed by atoms with van der Waals surface area (Å²) in [7, 11) is 1.47. The number of carbonyl (C=O) groups is 2. The van der Waals surface area contributed by atoms with Gasteiger partial charge >= 0.3 is 5.97 Å². The lowest BCUT2D eigenvalue weighted by molar-refractivity contribution is -0.137. The van der Waals surface area contributed by atoms with Gasteiger partial charge in [-0.25, -0.2) is 4.79 Å². The molecule has 0 amide bonds. The Morgan fingerprint density at radius 2 is 2.03 bits per heavy atom. The van der Waals surface area contributed by atoms with Gasteiger partial charge in [-0.15, -0.1) is 0 Å². The average molecular weight is 413 g/mol. The van der Waals surface area contributed by atoms with Crippen molar-refractivity contribution in [2.45, 2.75) is 32.7 Å². The van der Waals surface area contributed by atoms with Crippen molar-refractivity contribution in [2.24, 2.45) is 0 Å². The summed E-state index contributed by atoms with van der Waals surface area (Å²) in [5.41, 5.74) is 3.04. The van der Waals surface area contributed by atoms with Crippen LogP contribution in [0, 0.1) is 25.2 Å². The number of hydrogen-bond acceptors (Lipinski definition) is 5. The molecule has 0 saturated heterocycles. The third-order valence-electron chi connectivity index (χ3n) is 4.88. The van der Waals surface area contributed by atoms with E-state index in [0.29, 0.717) is 17.4 Å². The molecule has 1 aromatic heterocycles. The Kier molecular flexibility index (Phi) is 6.09. The first kappa shape index (κ1) is 20.7. The van der Waals surface area contributed by atoms with E-state index in [1.54, 1.807) is 6.07 Å². The third kappa shape index (κ3) is 4.52. The molecule has 0 N–H and O–H groups in total. The van der Waals surface area contributed by atoms with E-state index in [0.717, 1.165) is 29.8 Å². The topological polar surface area (TPSA) is 81.3 Å². The number of nitrogens with zero attached hydrogens (tertiary/aromatic N) is 2. The van der Waals surface area contributed by atoms with Crippen LogP contribution in [0.2, 0.25) is 5.02 Å². The van der Waals surface area contributed by atoms with Gasteiger partial charge in [0.2, 0.25) is 0 Å². The van der Waals surface area contributed by atoms with Gasteiger partial charge in [0.05, 0.1) is 12.1 Å². The second-order valence-corrected chi connectivity index (χ2v) is 7.35. The maximum atomic E-state index is 12.3. The van der Waals surface area contributed by atoms with Gasteiger partial charge < -0.3 is 14.0 Å². The van der Waals surface area contributed by atoms with E-state index < -0.39 is 18.4 Å². The molecule has 29 heavy (non-hydrogen) atoms. The van der Waals surface area contributed by atoms with Crippen molar-refractivity contribution in [1.29, 1.82) is 5.26 Å². The number of ketones is 1. The van der Waals surface area contributed by atoms with Crippen LogP contribution in [-0.2, 0) is 9.53 Å². The summed E-state index contributed by atoms with van der Waals surface area (Å²) in [6, 6.07) is 8.87. The van der Waals surface area contributed by atoms with E-state index in [2.05, 4.69) is 4.57 Å². The molecule has 0 radical (unpaired) electrons. The standard InChI is InChI=1S/C22H21ClN2O4/c1-13-8-16(14(2)25(13)18-5-6-18)9-17(11-24)22(27)29-12-20(26)15-4-7-21(28-3)19(23)10-15/h4,7-10,18H,5-6,12H2,1-3H3/b17-9+. The van der Waals surface area contributed by atoms with Crippen molar-refractivity contribution in [3.63, 3.8) is 0 Å². The Morgan fingerprint density at radius 1 is 1.31 bits per heavy atom. The molecule has 1 aliphatic carbocycles. The molecule has 1 aliphatic rings. The van der Waals surface area contributed by atoms with Crippen molar-refractivity contribution in [3.05, 3.63) is 57.4 Å². The van der Waals surface area contributed by atoms with E-state index in [-0.39, 0.29) is 10.6 Å². The Bertz CT molecular complexity index is 1040. The minimum Gasteiger partial charge on any atom is -0.495 e. The highest BCUT2D eigenvalue weighted by atomic mass is 35.5. The van der Waals surface area contributed by atoms with E-state index in [9.17, 15) is 14.9 Å². The van der Waals surface area contributed by atoms with E-state index in [1.165, 1.54) is 25.3 Å². The molecule has 0 spiro atoms. The predicted molar refractivity (Wildman–Crippen MR) is 109 cm³/mol. The van der Waals surface area contributed by atoms with Crippen LogP contribution in [0.25, 0.3) is 6.08 Å². The van der Waals surface area contributed by atoms with Gasteiger partial charge in [-0.1, -0.05) is 11.6 Å². The zero-order valence-corrected chi connectivity index (χ0v) is 17.2. The van der Waals surface area contributed by atoms with E-state index in [1.807, 2.05) is 26.0 Å². The number of benzene rings is 1. The summed E-state index contributed by atoms with van der Waals surface area (Å²) in [5.74, 6) is -0.817. The highest BCUT2D eigenvalue weighted by molar-refractivity contribution is 6.32. The number of Topliss-reactive ketones (excluding diaryl/α,β-unsaturated/α-hetero) is 1. The van der Waals surface area contributed by atoms with E-state index >= 15 is 0 Å². The second-order valence-electron chi connectivity index (χ2n) is 6.95. The maximum Gasteiger partial charge on any atom is 0.349 e. The van der Waals surface area contributed by atoms with Crippen LogP contribution < -0.4 is 4.74 Å². The molecule has 1 heterocycles. The summed E-state index contributed by atoms with van der Waals surface area (Å²) in [5, 5.41) is 9.67. The van der Waals surface area contributed by atoms with Crippen LogP contribution in [0.15, 0.2) is 29.8 Å². The van der Waals surface area contributed by atoms with Crippen molar-refractivity contribution >= 4 is 29.4 Å². The lowest BCUT2D eigenvalue weighted by Gasteiger charge is -2.07. The predicted octanol–water partition coefficient (Wildman–Crippen LogP) is 4.43. The Hall–Kier alpha value is -3.04. The Labute approximate surface area is 174 Å². The molecule has 0 atom stereocenters. The molecule has 1 saturated carbocycles. The van der Waals surface area contributed by atoms with Gasteiger partial charge in [0, 0.05) is 23.0 Å². The molecular weight excluding hydrogens is 392 g/mol. The smallest absolute Gasteiger partial charge is 0.349 e. The minimum absolute atomic E-state index is 0.151. The summed E-state index contributed by atoms with van der Waals surface area (Å²) < 4.78 is 12.3. The van der Waals surface area contributed by atoms with Crippen LogP contribution >= 0.6 is 11.6 Å². The third-order valence-corrected chi connectivity index (χ3v) is 5.18. The lowest BCUT2D eigenvalue weighted by Crippen LogP contribution is -2.15. The maximum absolute atomic E-state index is 12.3. The number of nitriles is 1. The molecular formula is C22H21ClN2O4. The van der Waals surface area contributed by atoms with Crippen molar-refractivity contribution < 1.29 is 19.1 Å². The fourth-order valence-electron chi connectivity index (χ4n) is 3.27. The molecule has 2 aromatic rings. The number of aromatic nitrogens is 1. The van der Waals surface area contributed by atoms with Crippen molar-refractivity contribution in [2.75, 3.05) is 13.7 Å². The van der Waals surface area contributed by atoms with Crippen LogP contribution in [0.3, 0.4) is 0 Å². The van der Waals surface area contributed by atoms with E-state index in [4.69, 9.17) is 21.1 Å². The first-order valence-electron chi connectivity index (χ1n) is 9.19. The highest BCUT2D eigenvalue weighted by Gasteiger charge is 2.27.